The number of rotatable bonds is 5. The Bertz CT molecular complexity index is 626. The average molecular weight is 314 g/mol. The molecule has 0 spiro atoms. The second kappa shape index (κ2) is 7.25. The first-order valence-corrected chi connectivity index (χ1v) is 8.30. The van der Waals surface area contributed by atoms with Crippen LogP contribution < -0.4 is 0 Å². The highest BCUT2D eigenvalue weighted by Gasteiger charge is 2.24. The van der Waals surface area contributed by atoms with Crippen LogP contribution in [0.25, 0.3) is 5.69 Å². The zero-order valence-corrected chi connectivity index (χ0v) is 14.0. The maximum atomic E-state index is 9.26. The maximum absolute atomic E-state index is 9.26. The molecule has 2 aromatic rings. The zero-order chi connectivity index (χ0) is 16.2. The Morgan fingerprint density at radius 1 is 1.30 bits per heavy atom. The highest BCUT2D eigenvalue weighted by Crippen LogP contribution is 2.20. The van der Waals surface area contributed by atoms with Crippen molar-refractivity contribution in [1.82, 2.24) is 19.6 Å². The minimum Gasteiger partial charge on any atom is -0.396 e. The van der Waals surface area contributed by atoms with E-state index in [4.69, 9.17) is 0 Å². The number of hydrogen-bond donors (Lipinski definition) is 1. The van der Waals surface area contributed by atoms with Crippen molar-refractivity contribution in [2.24, 2.45) is 0 Å². The van der Waals surface area contributed by atoms with Gasteiger partial charge in [-0.2, -0.15) is 5.10 Å². The normalized spacial score (nSPS) is 20.0. The van der Waals surface area contributed by atoms with Crippen molar-refractivity contribution in [2.75, 3.05) is 33.3 Å². The molecule has 5 heteroatoms. The smallest absolute Gasteiger partial charge is 0.0690 e. The molecule has 0 amide bonds. The fraction of sp³-hybridized carbons (Fsp3) is 0.500. The summed E-state index contributed by atoms with van der Waals surface area (Å²) in [7, 11) is 2.15. The monoisotopic (exact) mass is 314 g/mol. The summed E-state index contributed by atoms with van der Waals surface area (Å²) in [5, 5.41) is 13.6. The van der Waals surface area contributed by atoms with Crippen LogP contribution in [0.3, 0.4) is 0 Å². The lowest BCUT2D eigenvalue weighted by molar-refractivity contribution is 0.0743. The van der Waals surface area contributed by atoms with Crippen LogP contribution in [0.1, 0.15) is 17.5 Å². The maximum Gasteiger partial charge on any atom is 0.0690 e. The van der Waals surface area contributed by atoms with E-state index in [1.54, 1.807) is 0 Å². The molecule has 1 aromatic heterocycles. The fourth-order valence-corrected chi connectivity index (χ4v) is 3.33. The Morgan fingerprint density at radius 3 is 2.91 bits per heavy atom. The van der Waals surface area contributed by atoms with Crippen molar-refractivity contribution in [3.8, 4) is 5.69 Å². The predicted molar refractivity (Wildman–Crippen MR) is 91.7 cm³/mol. The topological polar surface area (TPSA) is 44.5 Å². The molecule has 1 aromatic carbocycles. The highest BCUT2D eigenvalue weighted by atomic mass is 16.3. The zero-order valence-electron chi connectivity index (χ0n) is 14.0. The van der Waals surface area contributed by atoms with E-state index in [1.807, 2.05) is 23.1 Å². The SMILES string of the molecule is Cc1ccc(-n2cccn2)c(CN2CCN(C)[C@H](CCO)C2)c1. The van der Waals surface area contributed by atoms with Crippen LogP contribution in [0.2, 0.25) is 0 Å². The third-order valence-corrected chi connectivity index (χ3v) is 4.70. The first-order chi connectivity index (χ1) is 11.2. The minimum absolute atomic E-state index is 0.256. The molecular formula is C18H26N4O. The fourth-order valence-electron chi connectivity index (χ4n) is 3.33. The molecule has 0 unspecified atom stereocenters. The van der Waals surface area contributed by atoms with Crippen molar-refractivity contribution in [1.29, 1.82) is 0 Å². The molecule has 1 aliphatic heterocycles. The molecule has 1 N–H and O–H groups in total. The number of aromatic nitrogens is 2. The van der Waals surface area contributed by atoms with Crippen molar-refractivity contribution in [2.45, 2.75) is 25.9 Å². The number of likely N-dealkylation sites (N-methyl/N-ethyl adjacent to an activating group) is 1. The second-order valence-electron chi connectivity index (χ2n) is 6.46. The van der Waals surface area contributed by atoms with Crippen LogP contribution >= 0.6 is 0 Å². The van der Waals surface area contributed by atoms with Crippen LogP contribution in [0.5, 0.6) is 0 Å². The van der Waals surface area contributed by atoms with Gasteiger partial charge in [-0.3, -0.25) is 4.90 Å². The molecular weight excluding hydrogens is 288 g/mol. The molecule has 1 saturated heterocycles. The van der Waals surface area contributed by atoms with Crippen LogP contribution in [0.15, 0.2) is 36.7 Å². The third kappa shape index (κ3) is 3.80. The largest absolute Gasteiger partial charge is 0.396 e. The third-order valence-electron chi connectivity index (χ3n) is 4.70. The van der Waals surface area contributed by atoms with Gasteiger partial charge in [0, 0.05) is 51.2 Å². The van der Waals surface area contributed by atoms with E-state index in [2.05, 4.69) is 47.1 Å². The summed E-state index contributed by atoms with van der Waals surface area (Å²) in [4.78, 5) is 4.85. The summed E-state index contributed by atoms with van der Waals surface area (Å²) >= 11 is 0. The molecule has 1 fully saturated rings. The van der Waals surface area contributed by atoms with Gasteiger partial charge >= 0.3 is 0 Å². The van der Waals surface area contributed by atoms with Gasteiger partial charge in [-0.05, 0) is 38.1 Å². The van der Waals surface area contributed by atoms with Gasteiger partial charge in [-0.1, -0.05) is 17.7 Å². The van der Waals surface area contributed by atoms with Gasteiger partial charge < -0.3 is 10.0 Å². The van der Waals surface area contributed by atoms with Gasteiger partial charge in [0.25, 0.3) is 0 Å². The first kappa shape index (κ1) is 16.2. The number of benzene rings is 1. The van der Waals surface area contributed by atoms with Gasteiger partial charge in [0.1, 0.15) is 0 Å². The van der Waals surface area contributed by atoms with Crippen molar-refractivity contribution in [3.05, 3.63) is 47.8 Å². The van der Waals surface area contributed by atoms with Crippen molar-refractivity contribution in [3.63, 3.8) is 0 Å². The van der Waals surface area contributed by atoms with Gasteiger partial charge in [0.05, 0.1) is 5.69 Å². The van der Waals surface area contributed by atoms with E-state index in [-0.39, 0.29) is 6.61 Å². The number of piperazine rings is 1. The van der Waals surface area contributed by atoms with E-state index in [1.165, 1.54) is 11.1 Å². The molecule has 0 saturated carbocycles. The average Bonchev–Trinajstić information content (AvgIpc) is 3.05. The number of aliphatic hydroxyl groups is 1. The number of nitrogens with zero attached hydrogens (tertiary/aromatic N) is 4. The molecule has 0 aliphatic carbocycles. The Labute approximate surface area is 138 Å². The van der Waals surface area contributed by atoms with Gasteiger partial charge in [0.2, 0.25) is 0 Å². The Hall–Kier alpha value is -1.69. The van der Waals surface area contributed by atoms with Crippen LogP contribution in [-0.2, 0) is 6.54 Å². The Morgan fingerprint density at radius 2 is 2.17 bits per heavy atom. The van der Waals surface area contributed by atoms with Crippen molar-refractivity contribution >= 4 is 0 Å². The molecule has 3 rings (SSSR count). The van der Waals surface area contributed by atoms with Gasteiger partial charge in [-0.15, -0.1) is 0 Å². The molecule has 1 atom stereocenters. The first-order valence-electron chi connectivity index (χ1n) is 8.30. The molecule has 23 heavy (non-hydrogen) atoms. The van der Waals surface area contributed by atoms with E-state index < -0.39 is 0 Å². The standard InChI is InChI=1S/C18H26N4O/c1-15-4-5-18(22-8-3-7-19-22)16(12-15)13-21-10-9-20(2)17(14-21)6-11-23/h3-5,7-8,12,17,23H,6,9-11,13-14H2,1-2H3/t17-/m1/s1. The highest BCUT2D eigenvalue weighted by molar-refractivity contribution is 5.42. The molecule has 124 valence electrons. The molecule has 5 nitrogen and oxygen atoms in total. The van der Waals surface area contributed by atoms with Gasteiger partial charge in [-0.25, -0.2) is 4.68 Å². The number of aliphatic hydroxyl groups excluding tert-OH is 1. The summed E-state index contributed by atoms with van der Waals surface area (Å²) in [6, 6.07) is 8.94. The van der Waals surface area contributed by atoms with E-state index in [0.29, 0.717) is 6.04 Å². The molecule has 2 heterocycles. The quantitative estimate of drug-likeness (QED) is 0.912. The summed E-state index contributed by atoms with van der Waals surface area (Å²) in [6.07, 6.45) is 4.65. The Balaban J connectivity index is 1.78. The van der Waals surface area contributed by atoms with E-state index >= 15 is 0 Å². The lowest BCUT2D eigenvalue weighted by atomic mass is 10.1. The summed E-state index contributed by atoms with van der Waals surface area (Å²) in [5.41, 5.74) is 3.73. The van der Waals surface area contributed by atoms with Crippen LogP contribution in [0, 0.1) is 6.92 Å². The van der Waals surface area contributed by atoms with E-state index in [9.17, 15) is 5.11 Å². The Kier molecular flexibility index (Phi) is 5.10. The molecule has 0 bridgehead atoms. The minimum atomic E-state index is 0.256. The summed E-state index contributed by atoms with van der Waals surface area (Å²) in [6.45, 7) is 6.43. The number of hydrogen-bond acceptors (Lipinski definition) is 4. The lowest BCUT2D eigenvalue weighted by Crippen LogP contribution is -2.51. The van der Waals surface area contributed by atoms with Gasteiger partial charge in [0.15, 0.2) is 0 Å². The summed E-state index contributed by atoms with van der Waals surface area (Å²) < 4.78 is 1.94. The predicted octanol–water partition coefficient (Wildman–Crippen LogP) is 1.68. The molecule has 1 aliphatic rings. The van der Waals surface area contributed by atoms with E-state index in [0.717, 1.165) is 38.3 Å². The van der Waals surface area contributed by atoms with Crippen LogP contribution in [0.4, 0.5) is 0 Å². The van der Waals surface area contributed by atoms with Crippen molar-refractivity contribution < 1.29 is 5.11 Å². The lowest BCUT2D eigenvalue weighted by Gasteiger charge is -2.39. The summed E-state index contributed by atoms with van der Waals surface area (Å²) in [5.74, 6) is 0. The van der Waals surface area contributed by atoms with Crippen LogP contribution in [-0.4, -0.2) is 64.0 Å². The number of aryl methyl sites for hydroxylation is 1. The second-order valence-corrected chi connectivity index (χ2v) is 6.46. The molecule has 0 radical (unpaired) electrons.